The molecule has 8 nitrogen and oxygen atoms in total. The highest BCUT2D eigenvalue weighted by Gasteiger charge is 2.14. The number of ether oxygens (including phenoxy) is 3. The van der Waals surface area contributed by atoms with E-state index in [2.05, 4.69) is 10.0 Å². The standard InChI is InChI=1S/C23H24N2O6S/c1-29-21-14-18(10-11-19(21)25-32(3,27)28)24-23(26)17-9-12-20(22(13-17)30-2)31-15-16-7-5-4-6-8-16/h4-14,25H,15H2,1-3H3,(H,24,26). The second kappa shape index (κ2) is 10.1. The van der Waals surface area contributed by atoms with Gasteiger partial charge in [0.15, 0.2) is 11.5 Å². The van der Waals surface area contributed by atoms with Crippen LogP contribution in [0.3, 0.4) is 0 Å². The van der Waals surface area contributed by atoms with Gasteiger partial charge in [-0.15, -0.1) is 0 Å². The van der Waals surface area contributed by atoms with E-state index in [0.717, 1.165) is 11.8 Å². The van der Waals surface area contributed by atoms with Crippen molar-refractivity contribution in [2.45, 2.75) is 6.61 Å². The summed E-state index contributed by atoms with van der Waals surface area (Å²) in [4.78, 5) is 12.7. The minimum Gasteiger partial charge on any atom is -0.494 e. The summed E-state index contributed by atoms with van der Waals surface area (Å²) in [6, 6.07) is 19.2. The molecular weight excluding hydrogens is 432 g/mol. The van der Waals surface area contributed by atoms with Crippen molar-refractivity contribution in [1.29, 1.82) is 0 Å². The second-order valence-corrected chi connectivity index (χ2v) is 8.63. The molecule has 0 aliphatic rings. The van der Waals surface area contributed by atoms with Gasteiger partial charge in [0.1, 0.15) is 12.4 Å². The summed E-state index contributed by atoms with van der Waals surface area (Å²) in [6.07, 6.45) is 1.04. The van der Waals surface area contributed by atoms with E-state index in [1.54, 1.807) is 24.3 Å². The first-order valence-corrected chi connectivity index (χ1v) is 11.5. The van der Waals surface area contributed by atoms with Crippen LogP contribution in [0.1, 0.15) is 15.9 Å². The number of amides is 1. The van der Waals surface area contributed by atoms with Gasteiger partial charge in [0, 0.05) is 17.3 Å². The molecule has 9 heteroatoms. The van der Waals surface area contributed by atoms with E-state index in [1.165, 1.54) is 26.4 Å². The van der Waals surface area contributed by atoms with Gasteiger partial charge in [-0.25, -0.2) is 8.42 Å². The fourth-order valence-electron chi connectivity index (χ4n) is 2.92. The van der Waals surface area contributed by atoms with Crippen LogP contribution in [0, 0.1) is 0 Å². The fourth-order valence-corrected chi connectivity index (χ4v) is 3.49. The zero-order chi connectivity index (χ0) is 23.1. The van der Waals surface area contributed by atoms with Crippen molar-refractivity contribution in [3.63, 3.8) is 0 Å². The van der Waals surface area contributed by atoms with Gasteiger partial charge in [0.2, 0.25) is 10.0 Å². The maximum atomic E-state index is 12.7. The molecule has 0 heterocycles. The maximum Gasteiger partial charge on any atom is 0.255 e. The quantitative estimate of drug-likeness (QED) is 0.506. The Balaban J connectivity index is 1.73. The Morgan fingerprint density at radius 2 is 1.59 bits per heavy atom. The van der Waals surface area contributed by atoms with Gasteiger partial charge in [0.05, 0.1) is 26.2 Å². The topological polar surface area (TPSA) is 103 Å². The number of sulfonamides is 1. The normalized spacial score (nSPS) is 10.8. The van der Waals surface area contributed by atoms with E-state index in [1.807, 2.05) is 30.3 Å². The predicted octanol–water partition coefficient (Wildman–Crippen LogP) is 3.91. The van der Waals surface area contributed by atoms with Crippen LogP contribution < -0.4 is 24.2 Å². The number of rotatable bonds is 9. The molecule has 3 rings (SSSR count). The average Bonchev–Trinajstić information content (AvgIpc) is 2.78. The lowest BCUT2D eigenvalue weighted by Gasteiger charge is -2.14. The van der Waals surface area contributed by atoms with Gasteiger partial charge in [-0.05, 0) is 35.9 Å². The lowest BCUT2D eigenvalue weighted by molar-refractivity contribution is 0.102. The first-order chi connectivity index (χ1) is 15.3. The molecule has 3 aromatic carbocycles. The SMILES string of the molecule is COc1cc(NC(=O)c2ccc(OCc3ccccc3)c(OC)c2)ccc1NS(C)(=O)=O. The maximum absolute atomic E-state index is 12.7. The molecule has 0 radical (unpaired) electrons. The lowest BCUT2D eigenvalue weighted by atomic mass is 10.1. The van der Waals surface area contributed by atoms with Crippen molar-refractivity contribution in [2.24, 2.45) is 0 Å². The Kier molecular flexibility index (Phi) is 7.21. The fraction of sp³-hybridized carbons (Fsp3) is 0.174. The van der Waals surface area contributed by atoms with Crippen LogP contribution >= 0.6 is 0 Å². The number of hydrogen-bond donors (Lipinski definition) is 2. The minimum atomic E-state index is -3.47. The molecule has 168 valence electrons. The summed E-state index contributed by atoms with van der Waals surface area (Å²) < 4.78 is 41.7. The molecule has 32 heavy (non-hydrogen) atoms. The van der Waals surface area contributed by atoms with Gasteiger partial charge in [-0.3, -0.25) is 9.52 Å². The van der Waals surface area contributed by atoms with Crippen molar-refractivity contribution in [3.05, 3.63) is 77.9 Å². The Bertz CT molecular complexity index is 1200. The molecule has 0 spiro atoms. The van der Waals surface area contributed by atoms with Crippen LogP contribution in [0.5, 0.6) is 17.2 Å². The number of carbonyl (C=O) groups excluding carboxylic acids is 1. The van der Waals surface area contributed by atoms with Crippen LogP contribution in [0.4, 0.5) is 11.4 Å². The monoisotopic (exact) mass is 456 g/mol. The molecule has 0 saturated heterocycles. The van der Waals surface area contributed by atoms with Crippen molar-refractivity contribution >= 4 is 27.3 Å². The Morgan fingerprint density at radius 1 is 0.875 bits per heavy atom. The van der Waals surface area contributed by atoms with Gasteiger partial charge >= 0.3 is 0 Å². The third-order valence-corrected chi connectivity index (χ3v) is 5.01. The van der Waals surface area contributed by atoms with Crippen LogP contribution in [0.2, 0.25) is 0 Å². The summed E-state index contributed by atoms with van der Waals surface area (Å²) in [7, 11) is -0.551. The smallest absolute Gasteiger partial charge is 0.255 e. The number of hydrogen-bond acceptors (Lipinski definition) is 6. The van der Waals surface area contributed by atoms with E-state index >= 15 is 0 Å². The molecule has 0 atom stereocenters. The minimum absolute atomic E-state index is 0.273. The Morgan fingerprint density at radius 3 is 2.25 bits per heavy atom. The van der Waals surface area contributed by atoms with Crippen LogP contribution in [-0.4, -0.2) is 34.8 Å². The highest BCUT2D eigenvalue weighted by Crippen LogP contribution is 2.31. The summed E-state index contributed by atoms with van der Waals surface area (Å²) in [5.41, 5.74) is 2.09. The lowest BCUT2D eigenvalue weighted by Crippen LogP contribution is -2.13. The van der Waals surface area contributed by atoms with Crippen molar-refractivity contribution in [2.75, 3.05) is 30.5 Å². The Labute approximate surface area is 187 Å². The summed E-state index contributed by atoms with van der Waals surface area (Å²) in [5.74, 6) is 0.851. The molecule has 0 fully saturated rings. The Hall–Kier alpha value is -3.72. The summed E-state index contributed by atoms with van der Waals surface area (Å²) in [6.45, 7) is 0.371. The van der Waals surface area contributed by atoms with E-state index in [9.17, 15) is 13.2 Å². The largest absolute Gasteiger partial charge is 0.494 e. The number of anilines is 2. The predicted molar refractivity (Wildman–Crippen MR) is 123 cm³/mol. The van der Waals surface area contributed by atoms with Gasteiger partial charge < -0.3 is 19.5 Å². The molecule has 2 N–H and O–H groups in total. The van der Waals surface area contributed by atoms with Crippen molar-refractivity contribution in [1.82, 2.24) is 0 Å². The van der Waals surface area contributed by atoms with E-state index < -0.39 is 10.0 Å². The van der Waals surface area contributed by atoms with Crippen LogP contribution in [0.25, 0.3) is 0 Å². The zero-order valence-corrected chi connectivity index (χ0v) is 18.7. The van der Waals surface area contributed by atoms with Crippen molar-refractivity contribution < 1.29 is 27.4 Å². The molecule has 0 aliphatic heterocycles. The first kappa shape index (κ1) is 23.0. The number of nitrogens with one attached hydrogen (secondary N) is 2. The summed E-state index contributed by atoms with van der Waals surface area (Å²) in [5, 5.41) is 2.76. The highest BCUT2D eigenvalue weighted by molar-refractivity contribution is 7.92. The first-order valence-electron chi connectivity index (χ1n) is 9.61. The molecule has 0 aromatic heterocycles. The highest BCUT2D eigenvalue weighted by atomic mass is 32.2. The van der Waals surface area contributed by atoms with Crippen LogP contribution in [0.15, 0.2) is 66.7 Å². The molecule has 3 aromatic rings. The van der Waals surface area contributed by atoms with E-state index in [-0.39, 0.29) is 17.3 Å². The zero-order valence-electron chi connectivity index (χ0n) is 17.9. The molecule has 0 aliphatic carbocycles. The third kappa shape index (κ3) is 6.14. The molecule has 0 saturated carbocycles. The second-order valence-electron chi connectivity index (χ2n) is 6.88. The van der Waals surface area contributed by atoms with Gasteiger partial charge in [0.25, 0.3) is 5.91 Å². The third-order valence-electron chi connectivity index (χ3n) is 4.42. The van der Waals surface area contributed by atoms with E-state index in [0.29, 0.717) is 29.4 Å². The van der Waals surface area contributed by atoms with Gasteiger partial charge in [-0.1, -0.05) is 30.3 Å². The number of benzene rings is 3. The van der Waals surface area contributed by atoms with Gasteiger partial charge in [-0.2, -0.15) is 0 Å². The summed E-state index contributed by atoms with van der Waals surface area (Å²) >= 11 is 0. The number of methoxy groups -OCH3 is 2. The van der Waals surface area contributed by atoms with E-state index in [4.69, 9.17) is 14.2 Å². The van der Waals surface area contributed by atoms with Crippen LogP contribution in [-0.2, 0) is 16.6 Å². The van der Waals surface area contributed by atoms with Crippen molar-refractivity contribution in [3.8, 4) is 17.2 Å². The molecular formula is C23H24N2O6S. The molecule has 1 amide bonds. The number of carbonyl (C=O) groups is 1. The molecule has 0 bridgehead atoms. The molecule has 0 unspecified atom stereocenters. The average molecular weight is 457 g/mol.